The van der Waals surface area contributed by atoms with E-state index >= 15 is 0 Å². The fourth-order valence-corrected chi connectivity index (χ4v) is 2.42. The van der Waals surface area contributed by atoms with Gasteiger partial charge in [0.05, 0.1) is 13.7 Å². The second-order valence-corrected chi connectivity index (χ2v) is 5.93. The van der Waals surface area contributed by atoms with E-state index in [4.69, 9.17) is 23.9 Å². The molecule has 0 aliphatic rings. The van der Waals surface area contributed by atoms with Crippen molar-refractivity contribution >= 4 is 23.8 Å². The molecule has 8 nitrogen and oxygen atoms in total. The molecule has 1 aromatic heterocycles. The third-order valence-electron chi connectivity index (χ3n) is 3.99. The highest BCUT2D eigenvalue weighted by Crippen LogP contribution is 2.28. The minimum atomic E-state index is -0.694. The molecule has 0 atom stereocenters. The SMILES string of the molecule is CCOc1ccc(/C=C/C(=O)OCC(=O)Nc2oc(C)c(C)c2C#N)cc1OC. The third-order valence-corrected chi connectivity index (χ3v) is 3.99. The number of aryl methyl sites for hydroxylation is 1. The van der Waals surface area contributed by atoms with E-state index in [1.165, 1.54) is 19.3 Å². The number of carbonyl (C=O) groups excluding carboxylic acids is 2. The highest BCUT2D eigenvalue weighted by atomic mass is 16.5. The largest absolute Gasteiger partial charge is 0.493 e. The van der Waals surface area contributed by atoms with Crippen molar-refractivity contribution in [2.24, 2.45) is 0 Å². The van der Waals surface area contributed by atoms with Gasteiger partial charge < -0.3 is 18.6 Å². The van der Waals surface area contributed by atoms with Crippen molar-refractivity contribution in [2.45, 2.75) is 20.8 Å². The zero-order valence-corrected chi connectivity index (χ0v) is 16.7. The highest BCUT2D eigenvalue weighted by molar-refractivity contribution is 5.94. The molecular weight excluding hydrogens is 376 g/mol. The zero-order chi connectivity index (χ0) is 21.4. The average molecular weight is 398 g/mol. The first-order valence-corrected chi connectivity index (χ1v) is 8.85. The van der Waals surface area contributed by atoms with Crippen LogP contribution in [0.4, 0.5) is 5.88 Å². The van der Waals surface area contributed by atoms with Crippen molar-refractivity contribution in [1.29, 1.82) is 5.26 Å². The lowest BCUT2D eigenvalue weighted by molar-refractivity contribution is -0.142. The van der Waals surface area contributed by atoms with Gasteiger partial charge in [-0.1, -0.05) is 6.07 Å². The van der Waals surface area contributed by atoms with Gasteiger partial charge in [-0.2, -0.15) is 5.26 Å². The summed E-state index contributed by atoms with van der Waals surface area (Å²) in [5.74, 6) is 0.411. The number of ether oxygens (including phenoxy) is 3. The summed E-state index contributed by atoms with van der Waals surface area (Å²) in [4.78, 5) is 23.8. The van der Waals surface area contributed by atoms with Crippen LogP contribution in [0.1, 0.15) is 29.4 Å². The van der Waals surface area contributed by atoms with Crippen LogP contribution < -0.4 is 14.8 Å². The molecule has 1 amide bonds. The van der Waals surface area contributed by atoms with Gasteiger partial charge in [0.1, 0.15) is 17.4 Å². The molecule has 1 aromatic carbocycles. The van der Waals surface area contributed by atoms with E-state index in [0.717, 1.165) is 0 Å². The molecule has 1 N–H and O–H groups in total. The molecule has 2 rings (SSSR count). The van der Waals surface area contributed by atoms with Gasteiger partial charge in [-0.25, -0.2) is 4.79 Å². The molecule has 0 fully saturated rings. The molecular formula is C21H22N2O6. The summed E-state index contributed by atoms with van der Waals surface area (Å²) in [6, 6.07) is 7.18. The summed E-state index contributed by atoms with van der Waals surface area (Å²) in [5, 5.41) is 11.6. The van der Waals surface area contributed by atoms with Crippen molar-refractivity contribution in [3.8, 4) is 17.6 Å². The molecule has 0 aliphatic carbocycles. The first-order chi connectivity index (χ1) is 13.9. The van der Waals surface area contributed by atoms with E-state index in [-0.39, 0.29) is 11.4 Å². The maximum atomic E-state index is 12.0. The maximum Gasteiger partial charge on any atom is 0.331 e. The van der Waals surface area contributed by atoms with Crippen molar-refractivity contribution < 1.29 is 28.2 Å². The zero-order valence-electron chi connectivity index (χ0n) is 16.7. The van der Waals surface area contributed by atoms with Crippen LogP contribution >= 0.6 is 0 Å². The number of methoxy groups -OCH3 is 1. The number of furan rings is 1. The molecule has 0 aliphatic heterocycles. The lowest BCUT2D eigenvalue weighted by Gasteiger charge is -2.09. The fraction of sp³-hybridized carbons (Fsp3) is 0.286. The summed E-state index contributed by atoms with van der Waals surface area (Å²) in [6.07, 6.45) is 2.73. The molecule has 0 radical (unpaired) electrons. The number of anilines is 1. The summed E-state index contributed by atoms with van der Waals surface area (Å²) in [6.45, 7) is 5.27. The topological polar surface area (TPSA) is 111 Å². The van der Waals surface area contributed by atoms with Gasteiger partial charge in [-0.3, -0.25) is 10.1 Å². The smallest absolute Gasteiger partial charge is 0.331 e. The predicted octanol–water partition coefficient (Wildman–Crippen LogP) is 3.37. The molecule has 1 heterocycles. The second kappa shape index (κ2) is 9.99. The minimum absolute atomic E-state index is 0.0422. The van der Waals surface area contributed by atoms with Gasteiger partial charge in [0, 0.05) is 11.6 Å². The van der Waals surface area contributed by atoms with E-state index in [9.17, 15) is 9.59 Å². The van der Waals surface area contributed by atoms with E-state index in [0.29, 0.717) is 35.0 Å². The Kier molecular flexibility index (Phi) is 7.43. The number of carbonyl (C=O) groups is 2. The summed E-state index contributed by atoms with van der Waals surface area (Å²) in [5.41, 5.74) is 1.59. The lowest BCUT2D eigenvalue weighted by atomic mass is 10.2. The Bertz CT molecular complexity index is 968. The summed E-state index contributed by atoms with van der Waals surface area (Å²) >= 11 is 0. The number of hydrogen-bond donors (Lipinski definition) is 1. The van der Waals surface area contributed by atoms with Crippen molar-refractivity contribution in [1.82, 2.24) is 0 Å². The number of nitrogens with zero attached hydrogens (tertiary/aromatic N) is 1. The molecule has 0 saturated carbocycles. The Hall–Kier alpha value is -3.73. The fourth-order valence-electron chi connectivity index (χ4n) is 2.42. The van der Waals surface area contributed by atoms with Crippen LogP contribution in [0, 0.1) is 25.2 Å². The van der Waals surface area contributed by atoms with Gasteiger partial charge in [-0.05, 0) is 44.5 Å². The molecule has 152 valence electrons. The van der Waals surface area contributed by atoms with Gasteiger partial charge in [0.2, 0.25) is 5.88 Å². The van der Waals surface area contributed by atoms with Crippen LogP contribution in [0.2, 0.25) is 0 Å². The van der Waals surface area contributed by atoms with Crippen LogP contribution in [0.3, 0.4) is 0 Å². The number of nitrogens with one attached hydrogen (secondary N) is 1. The maximum absolute atomic E-state index is 12.0. The van der Waals surface area contributed by atoms with Crippen molar-refractivity contribution in [3.05, 3.63) is 46.7 Å². The molecule has 0 bridgehead atoms. The molecule has 0 saturated heterocycles. The Labute approximate surface area is 168 Å². The number of rotatable bonds is 8. The average Bonchev–Trinajstić information content (AvgIpc) is 2.98. The number of amides is 1. The minimum Gasteiger partial charge on any atom is -0.493 e. The Morgan fingerprint density at radius 1 is 1.28 bits per heavy atom. The molecule has 0 unspecified atom stereocenters. The number of nitriles is 1. The van der Waals surface area contributed by atoms with Crippen LogP contribution in [0.5, 0.6) is 11.5 Å². The van der Waals surface area contributed by atoms with Gasteiger partial charge in [0.15, 0.2) is 18.1 Å². The number of esters is 1. The Balaban J connectivity index is 1.92. The van der Waals surface area contributed by atoms with Crippen LogP contribution in [0.15, 0.2) is 28.7 Å². The second-order valence-electron chi connectivity index (χ2n) is 5.93. The van der Waals surface area contributed by atoms with Crippen LogP contribution in [-0.4, -0.2) is 32.2 Å². The molecule has 0 spiro atoms. The van der Waals surface area contributed by atoms with E-state index < -0.39 is 18.5 Å². The first kappa shape index (κ1) is 21.6. The van der Waals surface area contributed by atoms with Gasteiger partial charge >= 0.3 is 5.97 Å². The number of benzene rings is 1. The van der Waals surface area contributed by atoms with Crippen molar-refractivity contribution in [3.63, 3.8) is 0 Å². The molecule has 2 aromatic rings. The standard InChI is InChI=1S/C21H22N2O6/c1-5-27-17-8-6-15(10-18(17)26-4)7-9-20(25)28-12-19(24)23-21-16(11-22)13(2)14(3)29-21/h6-10H,5,12H2,1-4H3,(H,23,24)/b9-7+. The first-order valence-electron chi connectivity index (χ1n) is 8.85. The lowest BCUT2D eigenvalue weighted by Crippen LogP contribution is -2.20. The quantitative estimate of drug-likeness (QED) is 0.536. The van der Waals surface area contributed by atoms with Crippen LogP contribution in [-0.2, 0) is 14.3 Å². The predicted molar refractivity (Wildman–Crippen MR) is 106 cm³/mol. The monoisotopic (exact) mass is 398 g/mol. The summed E-state index contributed by atoms with van der Waals surface area (Å²) in [7, 11) is 1.53. The van der Waals surface area contributed by atoms with E-state index in [2.05, 4.69) is 5.32 Å². The van der Waals surface area contributed by atoms with Crippen LogP contribution in [0.25, 0.3) is 6.08 Å². The summed E-state index contributed by atoms with van der Waals surface area (Å²) < 4.78 is 20.9. The Morgan fingerprint density at radius 3 is 2.69 bits per heavy atom. The third kappa shape index (κ3) is 5.62. The van der Waals surface area contributed by atoms with E-state index in [1.807, 2.05) is 13.0 Å². The molecule has 29 heavy (non-hydrogen) atoms. The normalized spacial score (nSPS) is 10.4. The molecule has 8 heteroatoms. The number of hydrogen-bond acceptors (Lipinski definition) is 7. The highest BCUT2D eigenvalue weighted by Gasteiger charge is 2.17. The van der Waals surface area contributed by atoms with Crippen molar-refractivity contribution in [2.75, 3.05) is 25.6 Å². The Morgan fingerprint density at radius 2 is 2.03 bits per heavy atom. The van der Waals surface area contributed by atoms with E-state index in [1.54, 1.807) is 32.0 Å². The van der Waals surface area contributed by atoms with Gasteiger partial charge in [-0.15, -0.1) is 0 Å². The van der Waals surface area contributed by atoms with Gasteiger partial charge in [0.25, 0.3) is 5.91 Å².